The van der Waals surface area contributed by atoms with Gasteiger partial charge in [-0.05, 0) is 106 Å². The minimum atomic E-state index is -1.06. The van der Waals surface area contributed by atoms with Crippen molar-refractivity contribution in [3.8, 4) is 5.75 Å². The van der Waals surface area contributed by atoms with Gasteiger partial charge in [0.1, 0.15) is 11.4 Å². The van der Waals surface area contributed by atoms with Gasteiger partial charge in [-0.3, -0.25) is 14.4 Å². The predicted molar refractivity (Wildman–Crippen MR) is 192 cm³/mol. The second-order valence-corrected chi connectivity index (χ2v) is 15.2. The number of hydrogen-bond donors (Lipinski definition) is 1. The first-order chi connectivity index (χ1) is 23.9. The Morgan fingerprint density at radius 2 is 2.00 bits per heavy atom. The quantitative estimate of drug-likeness (QED) is 0.139. The molecule has 11 heteroatoms. The molecule has 0 bridgehead atoms. The van der Waals surface area contributed by atoms with Crippen molar-refractivity contribution < 1.29 is 33.7 Å². The maximum absolute atomic E-state index is 13.4. The van der Waals surface area contributed by atoms with Gasteiger partial charge < -0.3 is 29.1 Å². The van der Waals surface area contributed by atoms with Crippen LogP contribution < -0.4 is 9.64 Å². The number of benzene rings is 2. The van der Waals surface area contributed by atoms with Crippen LogP contribution in [0.3, 0.4) is 0 Å². The number of ketones is 1. The molecule has 1 saturated carbocycles. The molecule has 0 radical (unpaired) electrons. The molecule has 4 aliphatic rings. The maximum atomic E-state index is 13.4. The van der Waals surface area contributed by atoms with Crippen LogP contribution in [-0.2, 0) is 30.9 Å². The summed E-state index contributed by atoms with van der Waals surface area (Å²) < 4.78 is 18.4. The lowest BCUT2D eigenvalue weighted by Crippen LogP contribution is -2.53. The number of aryl methyl sites for hydroxylation is 1. The number of likely N-dealkylation sites (tertiary alicyclic amines) is 1. The molecule has 0 unspecified atom stereocenters. The predicted octanol–water partition coefficient (Wildman–Crippen LogP) is 5.21. The lowest BCUT2D eigenvalue weighted by atomic mass is 9.68. The largest absolute Gasteiger partial charge is 0.490 e. The first kappa shape index (κ1) is 36.2. The molecule has 268 valence electrons. The fourth-order valence-corrected chi connectivity index (χ4v) is 8.12. The Morgan fingerprint density at radius 1 is 1.20 bits per heavy atom. The van der Waals surface area contributed by atoms with Crippen molar-refractivity contribution in [2.45, 2.75) is 75.6 Å². The number of ether oxygens (including phenoxy) is 3. The van der Waals surface area contributed by atoms with E-state index in [1.54, 1.807) is 27.0 Å². The molecule has 10 nitrogen and oxygen atoms in total. The molecule has 1 N–H and O–H groups in total. The van der Waals surface area contributed by atoms with E-state index in [0.717, 1.165) is 55.1 Å². The van der Waals surface area contributed by atoms with Crippen LogP contribution in [0.1, 0.15) is 67.4 Å². The third-order valence-corrected chi connectivity index (χ3v) is 11.3. The highest BCUT2D eigenvalue weighted by molar-refractivity contribution is 6.30. The second kappa shape index (κ2) is 15.0. The van der Waals surface area contributed by atoms with Gasteiger partial charge in [0.2, 0.25) is 5.91 Å². The van der Waals surface area contributed by atoms with Crippen LogP contribution in [0.5, 0.6) is 5.75 Å². The minimum absolute atomic E-state index is 0.137. The molecular weight excluding hydrogens is 658 g/mol. The Hall–Kier alpha value is -3.57. The molecule has 2 fully saturated rings. The SMILES string of the molecule is C=NC(=O)C(C)(C)OC/C=C/[C@H](OC)[C@@H]1CC[C@H]1CN1C[C@@]2(CCCc3cc(Cl)ccc32)COc2ccc(C(=O)CC(=O)N3CC(O)C3)cc21. The zero-order valence-electron chi connectivity index (χ0n) is 29.2. The number of β-amino-alcohol motifs (C(OH)–C–C–N with tert-alkyl or cyclic N) is 1. The van der Waals surface area contributed by atoms with Gasteiger partial charge >= 0.3 is 0 Å². The monoisotopic (exact) mass is 705 g/mol. The lowest BCUT2D eigenvalue weighted by molar-refractivity contribution is -0.140. The number of Topliss-reactive ketones (excluding diaryl/α,β-unsaturated/α-hetero) is 1. The van der Waals surface area contributed by atoms with Crippen molar-refractivity contribution in [2.24, 2.45) is 16.8 Å². The third kappa shape index (κ3) is 7.54. The molecule has 2 aromatic rings. The Morgan fingerprint density at radius 3 is 2.70 bits per heavy atom. The number of nitrogens with zero attached hydrogens (tertiary/aromatic N) is 3. The summed E-state index contributed by atoms with van der Waals surface area (Å²) in [5.41, 5.74) is 2.52. The first-order valence-corrected chi connectivity index (χ1v) is 17.9. The van der Waals surface area contributed by atoms with Gasteiger partial charge in [0.25, 0.3) is 5.91 Å². The smallest absolute Gasteiger partial charge is 0.276 e. The highest BCUT2D eigenvalue weighted by Gasteiger charge is 2.44. The number of rotatable bonds is 12. The van der Waals surface area contributed by atoms with Gasteiger partial charge in [-0.2, -0.15) is 0 Å². The van der Waals surface area contributed by atoms with Crippen LogP contribution in [0, 0.1) is 11.8 Å². The summed E-state index contributed by atoms with van der Waals surface area (Å²) in [5.74, 6) is 0.356. The summed E-state index contributed by atoms with van der Waals surface area (Å²) in [6.45, 7) is 9.41. The molecule has 2 aromatic carbocycles. The van der Waals surface area contributed by atoms with E-state index in [-0.39, 0.29) is 55.2 Å². The van der Waals surface area contributed by atoms with Gasteiger partial charge in [0.05, 0.1) is 37.5 Å². The maximum Gasteiger partial charge on any atom is 0.276 e. The van der Waals surface area contributed by atoms with Gasteiger partial charge in [0, 0.05) is 49.3 Å². The molecular formula is C39H48ClN3O7. The van der Waals surface area contributed by atoms with Gasteiger partial charge in [-0.25, -0.2) is 4.99 Å². The molecule has 1 saturated heterocycles. The normalized spacial score (nSPS) is 24.0. The Bertz CT molecular complexity index is 1650. The van der Waals surface area contributed by atoms with Crippen LogP contribution in [0.25, 0.3) is 0 Å². The van der Waals surface area contributed by atoms with E-state index >= 15 is 0 Å². The number of aliphatic hydroxyl groups is 1. The Kier molecular flexibility index (Phi) is 10.8. The van der Waals surface area contributed by atoms with E-state index in [4.69, 9.17) is 25.8 Å². The van der Waals surface area contributed by atoms with Crippen LogP contribution in [0.4, 0.5) is 5.69 Å². The molecule has 1 spiro atoms. The molecule has 2 amide bonds. The van der Waals surface area contributed by atoms with E-state index in [0.29, 0.717) is 24.6 Å². The molecule has 4 atom stereocenters. The summed E-state index contributed by atoms with van der Waals surface area (Å²) >= 11 is 6.44. The number of hydrogen-bond acceptors (Lipinski definition) is 8. The number of aliphatic hydroxyl groups excluding tert-OH is 1. The zero-order chi connectivity index (χ0) is 35.6. The Balaban J connectivity index is 1.25. The van der Waals surface area contributed by atoms with Crippen LogP contribution in [0.15, 0.2) is 53.5 Å². The summed E-state index contributed by atoms with van der Waals surface area (Å²) in [7, 11) is 1.72. The number of anilines is 1. The van der Waals surface area contributed by atoms with E-state index in [1.807, 2.05) is 30.4 Å². The Labute approximate surface area is 299 Å². The van der Waals surface area contributed by atoms with Crippen molar-refractivity contribution in [3.05, 3.63) is 70.3 Å². The first-order valence-electron chi connectivity index (χ1n) is 17.6. The van der Waals surface area contributed by atoms with E-state index in [1.165, 1.54) is 16.0 Å². The molecule has 6 rings (SSSR count). The van der Waals surface area contributed by atoms with E-state index in [2.05, 4.69) is 28.7 Å². The van der Waals surface area contributed by atoms with Crippen molar-refractivity contribution >= 4 is 41.6 Å². The molecule has 0 aromatic heterocycles. The molecule has 2 heterocycles. The standard InChI is InChI=1S/C39H48ClN3O7/c1-38(2,37(47)41-3)50-16-6-8-34(48-4)30-12-9-27(30)20-43-23-39(15-5-7-25-17-28(40)11-13-31(25)39)24-49-35-14-10-26(18-32(35)43)33(45)19-36(46)42-21-29(44)22-42/h6,8,10-11,13-14,17-18,27,29-30,34,44H,3,5,7,9,12,15-16,19-24H2,1-2,4H3/b8-6+/t27-,30+,34-,39-/m0/s1. The molecule has 2 aliphatic carbocycles. The molecule has 2 aliphatic heterocycles. The van der Waals surface area contributed by atoms with Crippen LogP contribution >= 0.6 is 11.6 Å². The van der Waals surface area contributed by atoms with Gasteiger partial charge in [-0.15, -0.1) is 0 Å². The highest BCUT2D eigenvalue weighted by atomic mass is 35.5. The number of amides is 2. The summed E-state index contributed by atoms with van der Waals surface area (Å²) in [6, 6.07) is 11.7. The fraction of sp³-hybridized carbons (Fsp3) is 0.538. The third-order valence-electron chi connectivity index (χ3n) is 11.0. The summed E-state index contributed by atoms with van der Waals surface area (Å²) in [6.07, 6.45) is 8.02. The van der Waals surface area contributed by atoms with Crippen LogP contribution in [0.2, 0.25) is 5.02 Å². The number of carbonyl (C=O) groups excluding carboxylic acids is 3. The number of aliphatic imine (C=N–C) groups is 1. The zero-order valence-corrected chi connectivity index (χ0v) is 30.0. The van der Waals surface area contributed by atoms with Crippen molar-refractivity contribution in [3.63, 3.8) is 0 Å². The fourth-order valence-electron chi connectivity index (χ4n) is 7.93. The summed E-state index contributed by atoms with van der Waals surface area (Å²) in [5, 5.41) is 10.4. The lowest BCUT2D eigenvalue weighted by Gasteiger charge is -2.46. The van der Waals surface area contributed by atoms with E-state index in [9.17, 15) is 19.5 Å². The van der Waals surface area contributed by atoms with Crippen molar-refractivity contribution in [1.82, 2.24) is 4.90 Å². The van der Waals surface area contributed by atoms with Gasteiger partial charge in [0.15, 0.2) is 5.78 Å². The number of methoxy groups -OCH3 is 1. The topological polar surface area (TPSA) is 118 Å². The van der Waals surface area contributed by atoms with Crippen molar-refractivity contribution in [1.29, 1.82) is 0 Å². The second-order valence-electron chi connectivity index (χ2n) is 14.8. The molecule has 50 heavy (non-hydrogen) atoms. The van der Waals surface area contributed by atoms with Crippen molar-refractivity contribution in [2.75, 3.05) is 51.4 Å². The average Bonchev–Trinajstić information content (AvgIpc) is 3.22. The van der Waals surface area contributed by atoms with Gasteiger partial charge in [-0.1, -0.05) is 29.8 Å². The number of carbonyl (C=O) groups is 3. The number of fused-ring (bicyclic) bond motifs is 3. The average molecular weight is 706 g/mol. The van der Waals surface area contributed by atoms with Crippen LogP contribution in [-0.4, -0.2) is 98.6 Å². The summed E-state index contributed by atoms with van der Waals surface area (Å²) in [4.78, 5) is 45.5. The number of halogens is 1. The van der Waals surface area contributed by atoms with E-state index < -0.39 is 17.6 Å². The minimum Gasteiger partial charge on any atom is -0.490 e. The highest BCUT2D eigenvalue weighted by Crippen LogP contribution is 2.47.